The first-order valence-corrected chi connectivity index (χ1v) is 23.1. The van der Waals surface area contributed by atoms with Gasteiger partial charge in [0.25, 0.3) is 0 Å². The minimum atomic E-state index is -0.702. The molecule has 15 rings (SSSR count). The summed E-state index contributed by atoms with van der Waals surface area (Å²) in [5, 5.41) is 4.56. The number of benzene rings is 10. The molecule has 12 aromatic rings. The molecule has 2 aromatic heterocycles. The number of nitrogens with zero attached hydrogens (tertiary/aromatic N) is 2. The molecule has 3 aliphatic carbocycles. The predicted molar refractivity (Wildman–Crippen MR) is 271 cm³/mol. The van der Waals surface area contributed by atoms with Gasteiger partial charge in [-0.3, -0.25) is 0 Å². The molecule has 0 atom stereocenters. The Bertz CT molecular complexity index is 3970. The zero-order valence-corrected chi connectivity index (χ0v) is 36.2. The lowest BCUT2D eigenvalue weighted by atomic mass is 9.52. The molecule has 0 saturated heterocycles. The molecule has 2 spiro atoms. The molecule has 3 heteroatoms. The van der Waals surface area contributed by atoms with Crippen LogP contribution in [-0.2, 0) is 10.8 Å². The highest BCUT2D eigenvalue weighted by atomic mass is 16.3. The molecule has 0 fully saturated rings. The normalized spacial score (nSPS) is 14.2. The highest BCUT2D eigenvalue weighted by molar-refractivity contribution is 6.16. The molecule has 0 unspecified atom stereocenters. The summed E-state index contributed by atoms with van der Waals surface area (Å²) in [5.41, 5.74) is 20.7. The molecular weight excluding hydrogens is 813 g/mol. The summed E-state index contributed by atoms with van der Waals surface area (Å²) in [6.45, 7) is 0. The summed E-state index contributed by atoms with van der Waals surface area (Å²) in [6, 6.07) is 84.5. The van der Waals surface area contributed by atoms with Crippen molar-refractivity contribution in [3.05, 3.63) is 275 Å². The third kappa shape index (κ3) is 4.70. The molecule has 0 amide bonds. The maximum Gasteiger partial charge on any atom is 0.161 e. The van der Waals surface area contributed by atoms with Gasteiger partial charge in [-0.05, 0) is 102 Å². The average Bonchev–Trinajstić information content (AvgIpc) is 4.03. The van der Waals surface area contributed by atoms with E-state index < -0.39 is 10.8 Å². The summed E-state index contributed by atoms with van der Waals surface area (Å²) in [7, 11) is 0. The Kier molecular flexibility index (Phi) is 7.36. The maximum absolute atomic E-state index is 6.68. The number of para-hydroxylation sites is 1. The minimum absolute atomic E-state index is 0.539. The Hall–Kier alpha value is -8.66. The highest BCUT2D eigenvalue weighted by Crippen LogP contribution is 2.68. The minimum Gasteiger partial charge on any atom is -0.456 e. The Morgan fingerprint density at radius 1 is 0.313 bits per heavy atom. The Labute approximate surface area is 387 Å². The molecular formula is C64H38N2O. The smallest absolute Gasteiger partial charge is 0.161 e. The van der Waals surface area contributed by atoms with Crippen molar-refractivity contribution >= 4 is 32.7 Å². The van der Waals surface area contributed by atoms with E-state index >= 15 is 0 Å². The first kappa shape index (κ1) is 36.7. The van der Waals surface area contributed by atoms with E-state index in [2.05, 4.69) is 231 Å². The molecule has 0 radical (unpaired) electrons. The summed E-state index contributed by atoms with van der Waals surface area (Å²) in [6.07, 6.45) is 0. The molecule has 2 heterocycles. The van der Waals surface area contributed by atoms with E-state index in [9.17, 15) is 0 Å². The molecule has 3 aliphatic rings. The fourth-order valence-electron chi connectivity index (χ4n) is 12.6. The van der Waals surface area contributed by atoms with Crippen molar-refractivity contribution in [2.24, 2.45) is 0 Å². The highest BCUT2D eigenvalue weighted by Gasteiger charge is 2.59. The van der Waals surface area contributed by atoms with Gasteiger partial charge in [-0.25, -0.2) is 9.97 Å². The van der Waals surface area contributed by atoms with Gasteiger partial charge >= 0.3 is 0 Å². The van der Waals surface area contributed by atoms with Crippen LogP contribution in [0, 0.1) is 0 Å². The Morgan fingerprint density at radius 2 is 0.851 bits per heavy atom. The van der Waals surface area contributed by atoms with E-state index in [1.54, 1.807) is 0 Å². The van der Waals surface area contributed by atoms with Gasteiger partial charge in [0.2, 0.25) is 0 Å². The lowest BCUT2D eigenvalue weighted by Gasteiger charge is -2.48. The van der Waals surface area contributed by atoms with Gasteiger partial charge in [-0.1, -0.05) is 206 Å². The van der Waals surface area contributed by atoms with Gasteiger partial charge in [0.1, 0.15) is 11.2 Å². The van der Waals surface area contributed by atoms with Crippen LogP contribution in [0.3, 0.4) is 0 Å². The Balaban J connectivity index is 1.07. The molecule has 0 bridgehead atoms. The maximum atomic E-state index is 6.68. The summed E-state index contributed by atoms with van der Waals surface area (Å²) in [4.78, 5) is 10.8. The summed E-state index contributed by atoms with van der Waals surface area (Å²) < 4.78 is 6.68. The number of fused-ring (bicyclic) bond motifs is 21. The second kappa shape index (κ2) is 13.4. The average molecular weight is 851 g/mol. The number of furan rings is 1. The predicted octanol–water partition coefficient (Wildman–Crippen LogP) is 15.6. The van der Waals surface area contributed by atoms with Crippen molar-refractivity contribution < 1.29 is 4.42 Å². The number of rotatable bonds is 3. The molecule has 0 aliphatic heterocycles. The number of hydrogen-bond acceptors (Lipinski definition) is 3. The van der Waals surface area contributed by atoms with Crippen LogP contribution in [0.25, 0.3) is 88.9 Å². The second-order valence-corrected chi connectivity index (χ2v) is 18.3. The van der Waals surface area contributed by atoms with Crippen LogP contribution in [0.1, 0.15) is 44.5 Å². The van der Waals surface area contributed by atoms with Gasteiger partial charge in [0.05, 0.1) is 22.2 Å². The van der Waals surface area contributed by atoms with Crippen LogP contribution in [0.4, 0.5) is 0 Å². The second-order valence-electron chi connectivity index (χ2n) is 18.3. The van der Waals surface area contributed by atoms with Crippen LogP contribution in [-0.4, -0.2) is 9.97 Å². The first-order valence-electron chi connectivity index (χ1n) is 23.1. The molecule has 10 aromatic carbocycles. The lowest BCUT2D eigenvalue weighted by Crippen LogP contribution is -2.43. The van der Waals surface area contributed by atoms with E-state index in [1.165, 1.54) is 66.8 Å². The third-order valence-corrected chi connectivity index (χ3v) is 15.2. The lowest BCUT2D eigenvalue weighted by molar-refractivity contribution is 0.632. The topological polar surface area (TPSA) is 38.9 Å². The van der Waals surface area contributed by atoms with Gasteiger partial charge in [-0.2, -0.15) is 0 Å². The van der Waals surface area contributed by atoms with Crippen LogP contribution in [0.5, 0.6) is 0 Å². The number of aromatic nitrogens is 2. The van der Waals surface area contributed by atoms with Crippen molar-refractivity contribution in [1.82, 2.24) is 9.97 Å². The van der Waals surface area contributed by atoms with Crippen LogP contribution < -0.4 is 0 Å². The quantitative estimate of drug-likeness (QED) is 0.178. The zero-order chi connectivity index (χ0) is 43.8. The van der Waals surface area contributed by atoms with E-state index in [4.69, 9.17) is 14.4 Å². The van der Waals surface area contributed by atoms with Crippen LogP contribution >= 0.6 is 0 Å². The summed E-state index contributed by atoms with van der Waals surface area (Å²) in [5.74, 6) is 0.701. The molecule has 3 nitrogen and oxygen atoms in total. The SMILES string of the molecule is c1ccc(-c2cc(-c3ccc4c(c3)C3(c5ccccc5C5(c6ccccc6-c6ccccc65)c5ccccc53)c3ccc5oc6ccccc6c5c3-4)nc(-c3cccc4ccccc34)n2)cc1. The van der Waals surface area contributed by atoms with Crippen molar-refractivity contribution in [2.45, 2.75) is 10.8 Å². The third-order valence-electron chi connectivity index (χ3n) is 15.2. The van der Waals surface area contributed by atoms with Gasteiger partial charge in [0, 0.05) is 27.5 Å². The van der Waals surface area contributed by atoms with E-state index in [1.807, 2.05) is 0 Å². The van der Waals surface area contributed by atoms with Gasteiger partial charge < -0.3 is 4.42 Å². The van der Waals surface area contributed by atoms with Crippen molar-refractivity contribution in [1.29, 1.82) is 0 Å². The zero-order valence-electron chi connectivity index (χ0n) is 36.2. The molecule has 0 saturated carbocycles. The van der Waals surface area contributed by atoms with Gasteiger partial charge in [0.15, 0.2) is 5.82 Å². The van der Waals surface area contributed by atoms with Gasteiger partial charge in [-0.15, -0.1) is 0 Å². The fraction of sp³-hybridized carbons (Fsp3) is 0.0312. The largest absolute Gasteiger partial charge is 0.456 e. The van der Waals surface area contributed by atoms with E-state index in [0.29, 0.717) is 5.82 Å². The monoisotopic (exact) mass is 850 g/mol. The Morgan fingerprint density at radius 3 is 1.55 bits per heavy atom. The van der Waals surface area contributed by atoms with Crippen molar-refractivity contribution in [2.75, 3.05) is 0 Å². The first-order chi connectivity index (χ1) is 33.2. The summed E-state index contributed by atoms with van der Waals surface area (Å²) >= 11 is 0. The van der Waals surface area contributed by atoms with Crippen molar-refractivity contribution in [3.63, 3.8) is 0 Å². The standard InChI is InChI=1S/C64H38N2O/c1-2-18-40(19-3-1)56-38-57(66-62(65-56)45-25-16-20-39-17-4-5-21-42(39)45)41-33-34-46-55(37-41)64(54-35-36-59-61(60(46)54)47-24-8-15-32-58(47)67-59)52-30-13-11-28-50(52)63(51-29-12-14-31-53(51)64)48-26-9-6-22-43(48)44-23-7-10-27-49(44)63/h1-38H. The van der Waals surface area contributed by atoms with E-state index in [0.717, 1.165) is 60.8 Å². The molecule has 67 heavy (non-hydrogen) atoms. The van der Waals surface area contributed by atoms with Crippen LogP contribution in [0.15, 0.2) is 235 Å². The van der Waals surface area contributed by atoms with E-state index in [-0.39, 0.29) is 0 Å². The van der Waals surface area contributed by atoms with Crippen LogP contribution in [0.2, 0.25) is 0 Å². The fourth-order valence-corrected chi connectivity index (χ4v) is 12.6. The van der Waals surface area contributed by atoms with Crippen molar-refractivity contribution in [3.8, 4) is 56.2 Å². The number of hydrogen-bond donors (Lipinski definition) is 0. The molecule has 310 valence electrons. The molecule has 0 N–H and O–H groups in total.